The third kappa shape index (κ3) is 4.60. The van der Waals surface area contributed by atoms with E-state index in [1.54, 1.807) is 0 Å². The predicted octanol–water partition coefficient (Wildman–Crippen LogP) is 3.42. The number of nitrogens with zero attached hydrogens (tertiary/aromatic N) is 5. The molecular weight excluding hydrogens is 383 g/mol. The highest BCUT2D eigenvalue weighted by Gasteiger charge is 2.31. The molecular formula is C20H24F3N5O. The number of rotatable bonds is 3. The predicted molar refractivity (Wildman–Crippen MR) is 103 cm³/mol. The summed E-state index contributed by atoms with van der Waals surface area (Å²) in [4.78, 5) is 17.5. The van der Waals surface area contributed by atoms with Gasteiger partial charge in [0.1, 0.15) is 17.5 Å². The quantitative estimate of drug-likeness (QED) is 0.777. The fraction of sp³-hybridized carbons (Fsp3) is 0.550. The number of pyridine rings is 1. The van der Waals surface area contributed by atoms with Crippen LogP contribution in [0.25, 0.3) is 0 Å². The number of ether oxygens (including phenoxy) is 1. The Morgan fingerprint density at radius 2 is 1.62 bits per heavy atom. The second kappa shape index (κ2) is 8.14. The van der Waals surface area contributed by atoms with E-state index in [1.807, 2.05) is 11.8 Å². The molecule has 0 aliphatic carbocycles. The number of alkyl halides is 3. The molecule has 2 aromatic rings. The van der Waals surface area contributed by atoms with Crippen LogP contribution in [0.4, 0.5) is 24.8 Å². The average Bonchev–Trinajstić information content (AvgIpc) is 2.73. The second-order valence-corrected chi connectivity index (χ2v) is 7.46. The number of halogens is 3. The van der Waals surface area contributed by atoms with Crippen LogP contribution >= 0.6 is 0 Å². The summed E-state index contributed by atoms with van der Waals surface area (Å²) in [5.41, 5.74) is 0.347. The molecule has 0 saturated carbocycles. The van der Waals surface area contributed by atoms with Gasteiger partial charge < -0.3 is 14.5 Å². The molecule has 0 unspecified atom stereocenters. The van der Waals surface area contributed by atoms with Crippen molar-refractivity contribution < 1.29 is 17.9 Å². The molecule has 156 valence electrons. The molecule has 0 N–H and O–H groups in total. The average molecular weight is 407 g/mol. The maximum atomic E-state index is 12.7. The van der Waals surface area contributed by atoms with E-state index in [2.05, 4.69) is 25.9 Å². The first-order valence-electron chi connectivity index (χ1n) is 9.86. The molecule has 2 fully saturated rings. The zero-order valence-electron chi connectivity index (χ0n) is 16.3. The highest BCUT2D eigenvalue weighted by atomic mass is 19.4. The van der Waals surface area contributed by atoms with E-state index >= 15 is 0 Å². The Balaban J connectivity index is 1.42. The van der Waals surface area contributed by atoms with Crippen LogP contribution in [0.5, 0.6) is 0 Å². The first-order chi connectivity index (χ1) is 13.9. The number of hydrogen-bond donors (Lipinski definition) is 0. The van der Waals surface area contributed by atoms with E-state index in [0.717, 1.165) is 68.7 Å². The van der Waals surface area contributed by atoms with Crippen LogP contribution in [-0.4, -0.2) is 54.3 Å². The number of anilines is 2. The molecule has 0 bridgehead atoms. The molecule has 9 heteroatoms. The summed E-state index contributed by atoms with van der Waals surface area (Å²) in [6.07, 6.45) is -1.51. The monoisotopic (exact) mass is 407 g/mol. The van der Waals surface area contributed by atoms with Crippen molar-refractivity contribution in [2.24, 2.45) is 0 Å². The van der Waals surface area contributed by atoms with Crippen molar-refractivity contribution in [1.82, 2.24) is 15.0 Å². The molecule has 0 aromatic carbocycles. The van der Waals surface area contributed by atoms with E-state index in [4.69, 9.17) is 4.74 Å². The molecule has 0 amide bonds. The SMILES string of the molecule is Cc1nc(C2CCOCC2)cc(N2CCN(c3ccc(C(F)(F)F)cn3)CC2)n1. The van der Waals surface area contributed by atoms with Crippen molar-refractivity contribution in [2.75, 3.05) is 49.2 Å². The fourth-order valence-electron chi connectivity index (χ4n) is 3.84. The summed E-state index contributed by atoms with van der Waals surface area (Å²) >= 11 is 0. The molecule has 0 spiro atoms. The highest BCUT2D eigenvalue weighted by molar-refractivity contribution is 5.46. The van der Waals surface area contributed by atoms with E-state index in [0.29, 0.717) is 24.8 Å². The Morgan fingerprint density at radius 3 is 2.21 bits per heavy atom. The Morgan fingerprint density at radius 1 is 0.966 bits per heavy atom. The first-order valence-corrected chi connectivity index (χ1v) is 9.86. The van der Waals surface area contributed by atoms with Gasteiger partial charge in [0.25, 0.3) is 0 Å². The Bertz CT molecular complexity index is 829. The van der Waals surface area contributed by atoms with Crippen molar-refractivity contribution in [1.29, 1.82) is 0 Å². The topological polar surface area (TPSA) is 54.4 Å². The van der Waals surface area contributed by atoms with Crippen LogP contribution in [0.1, 0.15) is 35.8 Å². The summed E-state index contributed by atoms with van der Waals surface area (Å²) < 4.78 is 43.6. The number of aryl methyl sites for hydroxylation is 1. The van der Waals surface area contributed by atoms with Gasteiger partial charge in [-0.25, -0.2) is 15.0 Å². The zero-order chi connectivity index (χ0) is 20.4. The van der Waals surface area contributed by atoms with Crippen molar-refractivity contribution >= 4 is 11.6 Å². The molecule has 0 atom stereocenters. The molecule has 6 nitrogen and oxygen atoms in total. The van der Waals surface area contributed by atoms with Crippen molar-refractivity contribution in [3.05, 3.63) is 41.5 Å². The van der Waals surface area contributed by atoms with E-state index in [9.17, 15) is 13.2 Å². The molecule has 4 heterocycles. The lowest BCUT2D eigenvalue weighted by molar-refractivity contribution is -0.137. The molecule has 4 rings (SSSR count). The zero-order valence-corrected chi connectivity index (χ0v) is 16.3. The van der Waals surface area contributed by atoms with Crippen LogP contribution in [0, 0.1) is 6.92 Å². The lowest BCUT2D eigenvalue weighted by Crippen LogP contribution is -2.47. The summed E-state index contributed by atoms with van der Waals surface area (Å²) in [6.45, 7) is 6.25. The molecule has 0 radical (unpaired) electrons. The van der Waals surface area contributed by atoms with Crippen LogP contribution in [0.15, 0.2) is 24.4 Å². The van der Waals surface area contributed by atoms with Crippen molar-refractivity contribution in [3.63, 3.8) is 0 Å². The summed E-state index contributed by atoms with van der Waals surface area (Å²) in [5, 5.41) is 0. The molecule has 2 aliphatic rings. The van der Waals surface area contributed by atoms with E-state index in [-0.39, 0.29) is 0 Å². The van der Waals surface area contributed by atoms with E-state index in [1.165, 1.54) is 6.07 Å². The molecule has 2 aliphatic heterocycles. The third-order valence-electron chi connectivity index (χ3n) is 5.49. The van der Waals surface area contributed by atoms with Crippen LogP contribution < -0.4 is 9.80 Å². The Kier molecular flexibility index (Phi) is 5.58. The Hall–Kier alpha value is -2.42. The lowest BCUT2D eigenvalue weighted by Gasteiger charge is -2.36. The van der Waals surface area contributed by atoms with Gasteiger partial charge in [-0.3, -0.25) is 0 Å². The van der Waals surface area contributed by atoms with Crippen molar-refractivity contribution in [2.45, 2.75) is 31.9 Å². The van der Waals surface area contributed by atoms with E-state index < -0.39 is 11.7 Å². The lowest BCUT2D eigenvalue weighted by atomic mass is 9.96. The largest absolute Gasteiger partial charge is 0.417 e. The summed E-state index contributed by atoms with van der Waals surface area (Å²) in [7, 11) is 0. The minimum absolute atomic E-state index is 0.404. The van der Waals surface area contributed by atoms with Gasteiger partial charge in [-0.1, -0.05) is 0 Å². The highest BCUT2D eigenvalue weighted by Crippen LogP contribution is 2.30. The number of piperazine rings is 1. The fourth-order valence-corrected chi connectivity index (χ4v) is 3.84. The van der Waals surface area contributed by atoms with Crippen molar-refractivity contribution in [3.8, 4) is 0 Å². The van der Waals surface area contributed by atoms with Gasteiger partial charge in [0.2, 0.25) is 0 Å². The molecule has 29 heavy (non-hydrogen) atoms. The first kappa shape index (κ1) is 19.9. The molecule has 2 saturated heterocycles. The Labute approximate surface area is 167 Å². The van der Waals surface area contributed by atoms with Gasteiger partial charge >= 0.3 is 6.18 Å². The standard InChI is InChI=1S/C20H24F3N5O/c1-14-25-17(15-4-10-29-11-5-15)12-19(26-14)28-8-6-27(7-9-28)18-3-2-16(13-24-18)20(21,22)23/h2-3,12-13,15H,4-11H2,1H3. The third-order valence-corrected chi connectivity index (χ3v) is 5.49. The smallest absolute Gasteiger partial charge is 0.381 e. The van der Waals surface area contributed by atoms with Gasteiger partial charge in [-0.15, -0.1) is 0 Å². The maximum absolute atomic E-state index is 12.7. The minimum atomic E-state index is -4.36. The van der Waals surface area contributed by atoms with Gasteiger partial charge in [0.05, 0.1) is 5.56 Å². The summed E-state index contributed by atoms with van der Waals surface area (Å²) in [5.74, 6) is 2.65. The van der Waals surface area contributed by atoms with Crippen LogP contribution in [0.3, 0.4) is 0 Å². The van der Waals surface area contributed by atoms with Gasteiger partial charge in [0, 0.05) is 63.3 Å². The second-order valence-electron chi connectivity index (χ2n) is 7.46. The van der Waals surface area contributed by atoms with Gasteiger partial charge in [-0.2, -0.15) is 13.2 Å². The molecule has 2 aromatic heterocycles. The number of hydrogen-bond acceptors (Lipinski definition) is 6. The number of aromatic nitrogens is 3. The van der Waals surface area contributed by atoms with Gasteiger partial charge in [-0.05, 0) is 31.9 Å². The van der Waals surface area contributed by atoms with Crippen LogP contribution in [0.2, 0.25) is 0 Å². The maximum Gasteiger partial charge on any atom is 0.417 e. The normalized spacial score (nSPS) is 18.9. The minimum Gasteiger partial charge on any atom is -0.381 e. The van der Waals surface area contributed by atoms with Gasteiger partial charge in [0.15, 0.2) is 0 Å². The summed E-state index contributed by atoms with van der Waals surface area (Å²) in [6, 6.07) is 4.61. The van der Waals surface area contributed by atoms with Crippen LogP contribution in [-0.2, 0) is 10.9 Å².